The first-order valence-electron chi connectivity index (χ1n) is 16.5. The number of benzene rings is 2. The minimum Gasteiger partial charge on any atom is -0.461 e. The van der Waals surface area contributed by atoms with Crippen LogP contribution in [0.3, 0.4) is 0 Å². The molecule has 0 radical (unpaired) electrons. The molecule has 3 fully saturated rings. The van der Waals surface area contributed by atoms with Gasteiger partial charge in [-0.05, 0) is 62.9 Å². The summed E-state index contributed by atoms with van der Waals surface area (Å²) in [6.45, 7) is 4.45. The first-order chi connectivity index (χ1) is 22.4. The number of fused-ring (bicyclic) bond motifs is 4. The maximum Gasteiger partial charge on any atom is 0.319 e. The van der Waals surface area contributed by atoms with Crippen LogP contribution in [0.1, 0.15) is 56.7 Å². The van der Waals surface area contributed by atoms with Crippen LogP contribution in [0.5, 0.6) is 6.01 Å². The average molecular weight is 627 g/mol. The van der Waals surface area contributed by atoms with Gasteiger partial charge in [-0.3, -0.25) is 4.90 Å². The van der Waals surface area contributed by atoms with E-state index in [9.17, 15) is 8.78 Å². The molecular weight excluding hydrogens is 589 g/mol. The number of piperazine rings is 1. The van der Waals surface area contributed by atoms with E-state index in [1.54, 1.807) is 18.2 Å². The number of nitrogens with zero attached hydrogens (tertiary/aromatic N) is 5. The molecule has 1 N–H and O–H groups in total. The van der Waals surface area contributed by atoms with Crippen molar-refractivity contribution in [3.8, 4) is 29.6 Å². The Hall–Kier alpha value is -3.94. The molecule has 10 heteroatoms. The second-order valence-corrected chi connectivity index (χ2v) is 13.3. The number of ether oxygens (including phenoxy) is 1. The topological polar surface area (TPSA) is 66.4 Å². The van der Waals surface area contributed by atoms with Gasteiger partial charge in [-0.2, -0.15) is 9.97 Å². The standard InChI is InChI=1S/C36H37F3N6O/c1-3-22-19-44-24(18-40-22)10-12-28-30-33(31(39)32(41-28)26-8-5-7-21-9-11-27(38)25(4-2)29(21)26)42-35(43-34(30)44)46-20-36-14-6-16-45(36)23(17-37)13-15-36/h2,5,7-9,11,22-24,40H,3,6,10,12-20H2,1H3/t22-,23+,24?,36?/m1/s1. The van der Waals surface area contributed by atoms with Crippen LogP contribution >= 0.6 is 0 Å². The molecule has 4 aliphatic heterocycles. The van der Waals surface area contributed by atoms with E-state index in [2.05, 4.69) is 28.0 Å². The quantitative estimate of drug-likeness (QED) is 0.265. The number of anilines is 1. The number of alkyl halides is 1. The van der Waals surface area contributed by atoms with Crippen LogP contribution in [0.25, 0.3) is 32.9 Å². The number of nitrogens with one attached hydrogen (secondary N) is 1. The second kappa shape index (κ2) is 11.4. The lowest BCUT2D eigenvalue weighted by Gasteiger charge is -2.40. The molecule has 4 aliphatic rings. The van der Waals surface area contributed by atoms with Crippen LogP contribution in [0.4, 0.5) is 19.0 Å². The van der Waals surface area contributed by atoms with Crippen molar-refractivity contribution in [3.05, 3.63) is 53.2 Å². The van der Waals surface area contributed by atoms with Crippen LogP contribution in [0, 0.1) is 24.0 Å². The third kappa shape index (κ3) is 4.54. The SMILES string of the molecule is C#Cc1c(F)ccc2cccc(-c3nc4c5c(nc(OCC67CCCN6[C@H](CF)CC7)nc5c3F)N3C[C@@H](CC)NCC3CC4)c12. The zero-order valence-electron chi connectivity index (χ0n) is 26.0. The largest absolute Gasteiger partial charge is 0.461 e. The van der Waals surface area contributed by atoms with Gasteiger partial charge < -0.3 is 15.0 Å². The van der Waals surface area contributed by atoms with E-state index in [0.29, 0.717) is 46.3 Å². The molecule has 2 aromatic heterocycles. The Morgan fingerprint density at radius 3 is 2.83 bits per heavy atom. The minimum absolute atomic E-state index is 0.0741. The van der Waals surface area contributed by atoms with Crippen molar-refractivity contribution in [2.75, 3.05) is 37.8 Å². The normalized spacial score (nSPS) is 25.8. The van der Waals surface area contributed by atoms with Crippen LogP contribution in [-0.2, 0) is 6.42 Å². The molecule has 2 aromatic carbocycles. The average Bonchev–Trinajstić information content (AvgIpc) is 3.61. The summed E-state index contributed by atoms with van der Waals surface area (Å²) >= 11 is 0. The highest BCUT2D eigenvalue weighted by Crippen LogP contribution is 2.44. The van der Waals surface area contributed by atoms with E-state index in [1.165, 1.54) is 6.07 Å². The van der Waals surface area contributed by atoms with E-state index in [0.717, 1.165) is 58.2 Å². The lowest BCUT2D eigenvalue weighted by Crippen LogP contribution is -2.56. The summed E-state index contributed by atoms with van der Waals surface area (Å²) in [6, 6.07) is 8.76. The van der Waals surface area contributed by atoms with E-state index in [-0.39, 0.29) is 53.1 Å². The van der Waals surface area contributed by atoms with Gasteiger partial charge in [0, 0.05) is 42.2 Å². The van der Waals surface area contributed by atoms with Crippen molar-refractivity contribution in [2.45, 2.75) is 75.5 Å². The van der Waals surface area contributed by atoms with Gasteiger partial charge in [0.2, 0.25) is 0 Å². The van der Waals surface area contributed by atoms with Gasteiger partial charge in [-0.1, -0.05) is 37.1 Å². The van der Waals surface area contributed by atoms with Crippen molar-refractivity contribution in [3.63, 3.8) is 0 Å². The summed E-state index contributed by atoms with van der Waals surface area (Å²) in [7, 11) is 0. The molecule has 6 heterocycles. The molecule has 0 bridgehead atoms. The predicted molar refractivity (Wildman–Crippen MR) is 173 cm³/mol. The molecule has 4 aromatic rings. The van der Waals surface area contributed by atoms with Gasteiger partial charge in [0.1, 0.15) is 36.1 Å². The van der Waals surface area contributed by atoms with E-state index >= 15 is 4.39 Å². The Morgan fingerprint density at radius 2 is 2.00 bits per heavy atom. The van der Waals surface area contributed by atoms with Crippen molar-refractivity contribution in [1.29, 1.82) is 0 Å². The first-order valence-corrected chi connectivity index (χ1v) is 16.5. The number of terminal acetylenes is 1. The summed E-state index contributed by atoms with van der Waals surface area (Å²) in [5, 5.41) is 5.39. The van der Waals surface area contributed by atoms with E-state index < -0.39 is 11.6 Å². The summed E-state index contributed by atoms with van der Waals surface area (Å²) in [5.41, 5.74) is 1.15. The molecule has 0 aliphatic carbocycles. The number of aryl methyl sites for hydroxylation is 1. The molecule has 8 rings (SSSR count). The summed E-state index contributed by atoms with van der Waals surface area (Å²) in [4.78, 5) is 19.2. The number of pyridine rings is 1. The maximum absolute atomic E-state index is 17.0. The summed E-state index contributed by atoms with van der Waals surface area (Å²) < 4.78 is 52.2. The lowest BCUT2D eigenvalue weighted by atomic mass is 9.95. The van der Waals surface area contributed by atoms with Gasteiger partial charge >= 0.3 is 6.01 Å². The Morgan fingerprint density at radius 1 is 1.11 bits per heavy atom. The minimum atomic E-state index is -0.619. The molecule has 238 valence electrons. The fourth-order valence-corrected chi connectivity index (χ4v) is 8.46. The number of aromatic nitrogens is 3. The number of halogens is 3. The number of hydrogen-bond acceptors (Lipinski definition) is 7. The van der Waals surface area contributed by atoms with Gasteiger partial charge in [0.25, 0.3) is 0 Å². The zero-order valence-corrected chi connectivity index (χ0v) is 26.0. The Kier molecular flexibility index (Phi) is 7.29. The summed E-state index contributed by atoms with van der Waals surface area (Å²) in [5.74, 6) is 1.95. The molecule has 3 saturated heterocycles. The van der Waals surface area contributed by atoms with Crippen LogP contribution < -0.4 is 15.0 Å². The molecule has 7 nitrogen and oxygen atoms in total. The van der Waals surface area contributed by atoms with Crippen molar-refractivity contribution < 1.29 is 17.9 Å². The van der Waals surface area contributed by atoms with Crippen LogP contribution in [-0.4, -0.2) is 76.4 Å². The maximum atomic E-state index is 17.0. The van der Waals surface area contributed by atoms with Crippen LogP contribution in [0.2, 0.25) is 0 Å². The number of hydrogen-bond donors (Lipinski definition) is 1. The van der Waals surface area contributed by atoms with Gasteiger partial charge in [0.15, 0.2) is 5.82 Å². The highest BCUT2D eigenvalue weighted by atomic mass is 19.1. The van der Waals surface area contributed by atoms with Crippen molar-refractivity contribution in [2.24, 2.45) is 0 Å². The molecule has 2 unspecified atom stereocenters. The monoisotopic (exact) mass is 626 g/mol. The first kappa shape index (κ1) is 29.5. The van der Waals surface area contributed by atoms with Gasteiger partial charge in [-0.15, -0.1) is 6.42 Å². The summed E-state index contributed by atoms with van der Waals surface area (Å²) in [6.07, 6.45) is 11.7. The number of rotatable bonds is 6. The fourth-order valence-electron chi connectivity index (χ4n) is 8.46. The zero-order chi connectivity index (χ0) is 31.6. The highest BCUT2D eigenvalue weighted by molar-refractivity contribution is 6.02. The third-order valence-electron chi connectivity index (χ3n) is 10.9. The van der Waals surface area contributed by atoms with Gasteiger partial charge in [-0.25, -0.2) is 18.2 Å². The van der Waals surface area contributed by atoms with E-state index in [1.807, 2.05) is 6.07 Å². The molecule has 0 amide bonds. The Labute approximate surface area is 266 Å². The molecule has 46 heavy (non-hydrogen) atoms. The van der Waals surface area contributed by atoms with Crippen molar-refractivity contribution in [1.82, 2.24) is 25.2 Å². The Bertz CT molecular complexity index is 1890. The van der Waals surface area contributed by atoms with E-state index in [4.69, 9.17) is 26.1 Å². The second-order valence-electron chi connectivity index (χ2n) is 13.3. The highest BCUT2D eigenvalue weighted by Gasteiger charge is 2.50. The van der Waals surface area contributed by atoms with Crippen molar-refractivity contribution >= 4 is 27.5 Å². The lowest BCUT2D eigenvalue weighted by molar-refractivity contribution is 0.0772. The third-order valence-corrected chi connectivity index (χ3v) is 10.9. The molecular formula is C36H37F3N6O. The predicted octanol–water partition coefficient (Wildman–Crippen LogP) is 5.95. The van der Waals surface area contributed by atoms with Crippen LogP contribution in [0.15, 0.2) is 30.3 Å². The molecule has 0 spiro atoms. The smallest absolute Gasteiger partial charge is 0.319 e. The van der Waals surface area contributed by atoms with Gasteiger partial charge in [0.05, 0.1) is 22.2 Å². The molecule has 4 atom stereocenters. The fraction of sp³-hybridized carbons (Fsp3) is 0.472. The Balaban J connectivity index is 1.30. The molecule has 0 saturated carbocycles.